The Morgan fingerprint density at radius 1 is 0.864 bits per heavy atom. The fourth-order valence-electron chi connectivity index (χ4n) is 2.96. The van der Waals surface area contributed by atoms with Crippen LogP contribution in [0, 0.1) is 5.82 Å². The van der Waals surface area contributed by atoms with Gasteiger partial charge in [0.1, 0.15) is 5.82 Å². The predicted molar refractivity (Wildman–Crippen MR) is 90.8 cm³/mol. The van der Waals surface area contributed by atoms with Crippen LogP contribution in [0.25, 0.3) is 32.9 Å². The number of rotatable bonds is 1. The monoisotopic (exact) mass is 309 g/mol. The number of fused-ring (bicyclic) bond motifs is 2. The Hall–Kier alpha value is -2.32. The molecule has 0 aliphatic carbocycles. The summed E-state index contributed by atoms with van der Waals surface area (Å²) in [6, 6.07) is 19.8. The van der Waals surface area contributed by atoms with E-state index in [4.69, 9.17) is 11.6 Å². The van der Waals surface area contributed by atoms with Crippen LogP contribution in [-0.2, 0) is 7.05 Å². The van der Waals surface area contributed by atoms with Crippen LogP contribution in [0.1, 0.15) is 0 Å². The number of hydrogen-bond acceptors (Lipinski definition) is 0. The molecular weight excluding hydrogens is 297 g/mol. The minimum atomic E-state index is -0.384. The highest BCUT2D eigenvalue weighted by molar-refractivity contribution is 6.31. The van der Waals surface area contributed by atoms with Crippen molar-refractivity contribution in [3.8, 4) is 11.3 Å². The fourth-order valence-corrected chi connectivity index (χ4v) is 3.12. The first-order valence-electron chi connectivity index (χ1n) is 7.07. The summed E-state index contributed by atoms with van der Waals surface area (Å²) in [5.41, 5.74) is 3.07. The zero-order chi connectivity index (χ0) is 15.3. The zero-order valence-corrected chi connectivity index (χ0v) is 12.7. The van der Waals surface area contributed by atoms with E-state index in [2.05, 4.69) is 30.3 Å². The van der Waals surface area contributed by atoms with E-state index in [1.54, 1.807) is 6.07 Å². The van der Waals surface area contributed by atoms with Crippen LogP contribution in [0.4, 0.5) is 4.39 Å². The molecule has 0 spiro atoms. The van der Waals surface area contributed by atoms with Crippen molar-refractivity contribution in [3.05, 3.63) is 71.5 Å². The summed E-state index contributed by atoms with van der Waals surface area (Å²) >= 11 is 5.90. The summed E-state index contributed by atoms with van der Waals surface area (Å²) in [6.45, 7) is 0. The molecule has 0 radical (unpaired) electrons. The Morgan fingerprint density at radius 2 is 1.64 bits per heavy atom. The van der Waals surface area contributed by atoms with Gasteiger partial charge in [0.15, 0.2) is 0 Å². The third-order valence-corrected chi connectivity index (χ3v) is 4.42. The standard InChI is InChI=1S/C19H13ClFN/c1-22-18(10-15-9-17(21)16(20)11-19(15)22)14-7-6-12-4-2-3-5-13(12)8-14/h2-11H,1H3. The molecule has 1 nitrogen and oxygen atoms in total. The quantitative estimate of drug-likeness (QED) is 0.419. The van der Waals surface area contributed by atoms with E-state index in [0.717, 1.165) is 22.2 Å². The summed E-state index contributed by atoms with van der Waals surface area (Å²) < 4.78 is 15.7. The molecule has 3 heteroatoms. The smallest absolute Gasteiger partial charge is 0.142 e. The van der Waals surface area contributed by atoms with Gasteiger partial charge in [-0.15, -0.1) is 0 Å². The van der Waals surface area contributed by atoms with E-state index < -0.39 is 0 Å². The van der Waals surface area contributed by atoms with Gasteiger partial charge in [-0.05, 0) is 40.6 Å². The number of benzene rings is 3. The first kappa shape index (κ1) is 13.4. The summed E-state index contributed by atoms with van der Waals surface area (Å²) in [6.07, 6.45) is 0. The van der Waals surface area contributed by atoms with Crippen LogP contribution in [0.15, 0.2) is 60.7 Å². The lowest BCUT2D eigenvalue weighted by Gasteiger charge is -2.06. The topological polar surface area (TPSA) is 4.93 Å². The highest BCUT2D eigenvalue weighted by Gasteiger charge is 2.11. The molecule has 1 heterocycles. The van der Waals surface area contributed by atoms with Gasteiger partial charge in [0.25, 0.3) is 0 Å². The number of halogens is 2. The molecule has 0 fully saturated rings. The second-order valence-electron chi connectivity index (χ2n) is 5.48. The number of hydrogen-bond donors (Lipinski definition) is 0. The highest BCUT2D eigenvalue weighted by atomic mass is 35.5. The SMILES string of the molecule is Cn1c(-c2ccc3ccccc3c2)cc2cc(F)c(Cl)cc21. The van der Waals surface area contributed by atoms with Gasteiger partial charge in [0.2, 0.25) is 0 Å². The Labute approximate surface area is 132 Å². The van der Waals surface area contributed by atoms with Crippen LogP contribution in [-0.4, -0.2) is 4.57 Å². The van der Waals surface area contributed by atoms with Gasteiger partial charge in [-0.1, -0.05) is 48.0 Å². The van der Waals surface area contributed by atoms with Crippen molar-refractivity contribution >= 4 is 33.3 Å². The number of aryl methyl sites for hydroxylation is 1. The zero-order valence-electron chi connectivity index (χ0n) is 12.0. The Kier molecular flexibility index (Phi) is 2.95. The molecule has 4 aromatic rings. The predicted octanol–water partition coefficient (Wildman–Crippen LogP) is 5.79. The highest BCUT2D eigenvalue weighted by Crippen LogP contribution is 2.31. The molecule has 0 aliphatic rings. The molecule has 0 aliphatic heterocycles. The van der Waals surface area contributed by atoms with E-state index in [9.17, 15) is 4.39 Å². The maximum absolute atomic E-state index is 13.7. The summed E-state index contributed by atoms with van der Waals surface area (Å²) in [4.78, 5) is 0. The number of nitrogens with zero attached hydrogens (tertiary/aromatic N) is 1. The molecule has 3 aromatic carbocycles. The van der Waals surface area contributed by atoms with Gasteiger partial charge < -0.3 is 4.57 Å². The van der Waals surface area contributed by atoms with Crippen molar-refractivity contribution in [2.75, 3.05) is 0 Å². The van der Waals surface area contributed by atoms with Gasteiger partial charge in [0, 0.05) is 23.6 Å². The third kappa shape index (κ3) is 1.99. The fraction of sp³-hybridized carbons (Fsp3) is 0.0526. The molecule has 0 N–H and O–H groups in total. The van der Waals surface area contributed by atoms with Gasteiger partial charge in [0.05, 0.1) is 5.02 Å². The molecule has 0 saturated carbocycles. The molecule has 1 aromatic heterocycles. The van der Waals surface area contributed by atoms with Gasteiger partial charge in [-0.25, -0.2) is 4.39 Å². The average molecular weight is 310 g/mol. The lowest BCUT2D eigenvalue weighted by Crippen LogP contribution is -1.91. The van der Waals surface area contributed by atoms with Crippen molar-refractivity contribution < 1.29 is 4.39 Å². The minimum absolute atomic E-state index is 0.152. The Morgan fingerprint density at radius 3 is 2.45 bits per heavy atom. The van der Waals surface area contributed by atoms with Crippen LogP contribution in [0.3, 0.4) is 0 Å². The Bertz CT molecular complexity index is 1020. The van der Waals surface area contributed by atoms with E-state index in [0.29, 0.717) is 0 Å². The first-order chi connectivity index (χ1) is 10.6. The summed E-state index contributed by atoms with van der Waals surface area (Å²) in [5, 5.41) is 3.40. The van der Waals surface area contributed by atoms with Gasteiger partial charge in [-0.2, -0.15) is 0 Å². The van der Waals surface area contributed by atoms with Crippen molar-refractivity contribution in [2.45, 2.75) is 0 Å². The van der Waals surface area contributed by atoms with Crippen LogP contribution >= 0.6 is 11.6 Å². The van der Waals surface area contributed by atoms with E-state index >= 15 is 0 Å². The second kappa shape index (κ2) is 4.85. The van der Waals surface area contributed by atoms with Gasteiger partial charge in [-0.3, -0.25) is 0 Å². The molecular formula is C19H13ClFN. The molecule has 0 unspecified atom stereocenters. The molecule has 4 rings (SSSR count). The van der Waals surface area contributed by atoms with Crippen molar-refractivity contribution in [2.24, 2.45) is 7.05 Å². The van der Waals surface area contributed by atoms with Gasteiger partial charge >= 0.3 is 0 Å². The lowest BCUT2D eigenvalue weighted by molar-refractivity contribution is 0.630. The van der Waals surface area contributed by atoms with Crippen LogP contribution in [0.2, 0.25) is 5.02 Å². The molecule has 0 saturated heterocycles. The second-order valence-corrected chi connectivity index (χ2v) is 5.88. The molecule has 0 atom stereocenters. The summed E-state index contributed by atoms with van der Waals surface area (Å²) in [7, 11) is 1.97. The maximum Gasteiger partial charge on any atom is 0.142 e. The van der Waals surface area contributed by atoms with E-state index in [-0.39, 0.29) is 10.8 Å². The molecule has 0 bridgehead atoms. The number of aromatic nitrogens is 1. The van der Waals surface area contributed by atoms with Crippen molar-refractivity contribution in [1.29, 1.82) is 0 Å². The van der Waals surface area contributed by atoms with E-state index in [1.165, 1.54) is 16.8 Å². The lowest BCUT2D eigenvalue weighted by atomic mass is 10.1. The molecule has 22 heavy (non-hydrogen) atoms. The van der Waals surface area contributed by atoms with Crippen LogP contribution in [0.5, 0.6) is 0 Å². The average Bonchev–Trinajstić information content (AvgIpc) is 2.84. The maximum atomic E-state index is 13.7. The third-order valence-electron chi connectivity index (χ3n) is 4.13. The normalized spacial score (nSPS) is 11.4. The minimum Gasteiger partial charge on any atom is -0.344 e. The van der Waals surface area contributed by atoms with E-state index in [1.807, 2.05) is 29.8 Å². The molecule has 0 amide bonds. The largest absolute Gasteiger partial charge is 0.344 e. The first-order valence-corrected chi connectivity index (χ1v) is 7.45. The Balaban J connectivity index is 1.97. The van der Waals surface area contributed by atoms with Crippen molar-refractivity contribution in [3.63, 3.8) is 0 Å². The molecule has 108 valence electrons. The van der Waals surface area contributed by atoms with Crippen LogP contribution < -0.4 is 0 Å². The summed E-state index contributed by atoms with van der Waals surface area (Å²) in [5.74, 6) is -0.384. The van der Waals surface area contributed by atoms with Crippen molar-refractivity contribution in [1.82, 2.24) is 4.57 Å².